The molecular weight excluding hydrogens is 298 g/mol. The van der Waals surface area contributed by atoms with Crippen molar-refractivity contribution >= 4 is 28.8 Å². The van der Waals surface area contributed by atoms with Crippen LogP contribution in [0, 0.1) is 0 Å². The number of amides is 1. The third kappa shape index (κ3) is 2.19. The van der Waals surface area contributed by atoms with E-state index in [1.807, 2.05) is 36.1 Å². The van der Waals surface area contributed by atoms with Crippen LogP contribution in [0.4, 0.5) is 22.9 Å². The fourth-order valence-electron chi connectivity index (χ4n) is 2.88. The van der Waals surface area contributed by atoms with Crippen molar-refractivity contribution < 1.29 is 4.79 Å². The molecule has 1 aromatic carbocycles. The molecule has 23 heavy (non-hydrogen) atoms. The molecule has 0 atom stereocenters. The maximum atomic E-state index is 12.8. The number of anilines is 4. The standard InChI is InChI=1S/C15H17N5O3/c1-3-19-10-7-5-4-6-9(10)18(2)13-12(19)14(22)20(8-11(16)21)15(23)17-13/h4-7H,3,8H2,1-2H3,(H2,16,21)(H,17,23). The lowest BCUT2D eigenvalue weighted by molar-refractivity contribution is -0.118. The zero-order chi connectivity index (χ0) is 16.7. The summed E-state index contributed by atoms with van der Waals surface area (Å²) >= 11 is 0. The van der Waals surface area contributed by atoms with Gasteiger partial charge in [-0.05, 0) is 19.1 Å². The normalized spacial score (nSPS) is 12.8. The zero-order valence-electron chi connectivity index (χ0n) is 12.9. The number of hydrogen-bond donors (Lipinski definition) is 2. The molecule has 3 N–H and O–H groups in total. The van der Waals surface area contributed by atoms with E-state index in [1.165, 1.54) is 0 Å². The predicted octanol–water partition coefficient (Wildman–Crippen LogP) is 0.261. The molecular formula is C15H17N5O3. The number of primary amides is 1. The molecule has 120 valence electrons. The summed E-state index contributed by atoms with van der Waals surface area (Å²) in [6.45, 7) is 1.99. The lowest BCUT2D eigenvalue weighted by Crippen LogP contribution is -2.44. The summed E-state index contributed by atoms with van der Waals surface area (Å²) in [7, 11) is 1.78. The van der Waals surface area contributed by atoms with E-state index in [0.717, 1.165) is 15.9 Å². The van der Waals surface area contributed by atoms with Gasteiger partial charge in [-0.25, -0.2) is 9.36 Å². The van der Waals surface area contributed by atoms with Crippen LogP contribution in [0.25, 0.3) is 0 Å². The van der Waals surface area contributed by atoms with E-state index in [4.69, 9.17) is 5.73 Å². The van der Waals surface area contributed by atoms with Crippen molar-refractivity contribution in [3.8, 4) is 0 Å². The van der Waals surface area contributed by atoms with E-state index in [9.17, 15) is 14.4 Å². The first-order valence-corrected chi connectivity index (χ1v) is 7.21. The molecule has 0 spiro atoms. The lowest BCUT2D eigenvalue weighted by atomic mass is 10.1. The number of hydrogen-bond acceptors (Lipinski definition) is 5. The summed E-state index contributed by atoms with van der Waals surface area (Å²) in [5, 5.41) is 0. The molecule has 0 aliphatic carbocycles. The summed E-state index contributed by atoms with van der Waals surface area (Å²) in [6, 6.07) is 7.59. The number of aromatic nitrogens is 2. The monoisotopic (exact) mass is 315 g/mol. The van der Waals surface area contributed by atoms with Crippen molar-refractivity contribution in [3.63, 3.8) is 0 Å². The Kier molecular flexibility index (Phi) is 3.44. The highest BCUT2D eigenvalue weighted by Crippen LogP contribution is 2.43. The number of para-hydroxylation sites is 2. The quantitative estimate of drug-likeness (QED) is 0.845. The van der Waals surface area contributed by atoms with E-state index in [2.05, 4.69) is 4.98 Å². The Balaban J connectivity index is 2.32. The van der Waals surface area contributed by atoms with E-state index in [-0.39, 0.29) is 0 Å². The summed E-state index contributed by atoms with van der Waals surface area (Å²) in [5.74, 6) is -0.341. The Bertz CT molecular complexity index is 899. The van der Waals surface area contributed by atoms with Crippen molar-refractivity contribution in [1.82, 2.24) is 9.55 Å². The number of carbonyl (C=O) groups is 1. The molecule has 0 fully saturated rings. The third-order valence-electron chi connectivity index (χ3n) is 3.91. The minimum atomic E-state index is -0.745. The van der Waals surface area contributed by atoms with Crippen LogP contribution < -0.4 is 26.8 Å². The van der Waals surface area contributed by atoms with Crippen LogP contribution in [0.5, 0.6) is 0 Å². The summed E-state index contributed by atoms with van der Waals surface area (Å²) in [6.07, 6.45) is 0. The summed E-state index contributed by atoms with van der Waals surface area (Å²) in [4.78, 5) is 42.3. The van der Waals surface area contributed by atoms with Gasteiger partial charge in [0, 0.05) is 13.6 Å². The van der Waals surface area contributed by atoms with Crippen LogP contribution in [-0.2, 0) is 11.3 Å². The van der Waals surface area contributed by atoms with Gasteiger partial charge in [0.2, 0.25) is 5.91 Å². The number of benzene rings is 1. The van der Waals surface area contributed by atoms with E-state index >= 15 is 0 Å². The molecule has 0 unspecified atom stereocenters. The molecule has 0 saturated carbocycles. The molecule has 0 radical (unpaired) electrons. The number of rotatable bonds is 3. The molecule has 1 aliphatic rings. The number of nitrogens with two attached hydrogens (primary N) is 1. The third-order valence-corrected chi connectivity index (χ3v) is 3.91. The topological polar surface area (TPSA) is 104 Å². The van der Waals surface area contributed by atoms with Gasteiger partial charge < -0.3 is 15.5 Å². The molecule has 8 heteroatoms. The van der Waals surface area contributed by atoms with Gasteiger partial charge in [-0.15, -0.1) is 0 Å². The van der Waals surface area contributed by atoms with Crippen molar-refractivity contribution in [2.75, 3.05) is 23.4 Å². The van der Waals surface area contributed by atoms with Gasteiger partial charge in [-0.3, -0.25) is 14.6 Å². The van der Waals surface area contributed by atoms with Gasteiger partial charge in [0.25, 0.3) is 5.56 Å². The Morgan fingerprint density at radius 1 is 1.22 bits per heavy atom. The number of carbonyl (C=O) groups excluding carboxylic acids is 1. The largest absolute Gasteiger partial charge is 0.368 e. The highest BCUT2D eigenvalue weighted by atomic mass is 16.2. The number of fused-ring (bicyclic) bond motifs is 2. The number of nitrogens with zero attached hydrogens (tertiary/aromatic N) is 3. The number of nitrogens with one attached hydrogen (secondary N) is 1. The number of aromatic amines is 1. The second-order valence-corrected chi connectivity index (χ2v) is 5.28. The second-order valence-electron chi connectivity index (χ2n) is 5.28. The van der Waals surface area contributed by atoms with Crippen molar-refractivity contribution in [3.05, 3.63) is 45.1 Å². The first kappa shape index (κ1) is 14.9. The van der Waals surface area contributed by atoms with E-state index in [0.29, 0.717) is 18.1 Å². The van der Waals surface area contributed by atoms with Gasteiger partial charge in [-0.2, -0.15) is 0 Å². The SMILES string of the molecule is CCN1c2ccccc2N(C)c2[nH]c(=O)n(CC(N)=O)c(=O)c21. The van der Waals surface area contributed by atoms with Gasteiger partial charge in [0.1, 0.15) is 18.1 Å². The highest BCUT2D eigenvalue weighted by molar-refractivity contribution is 5.90. The smallest absolute Gasteiger partial charge is 0.330 e. The van der Waals surface area contributed by atoms with Gasteiger partial charge in [0.05, 0.1) is 11.4 Å². The fourth-order valence-corrected chi connectivity index (χ4v) is 2.88. The first-order chi connectivity index (χ1) is 11.0. The second kappa shape index (κ2) is 5.31. The van der Waals surface area contributed by atoms with Crippen LogP contribution in [0.2, 0.25) is 0 Å². The molecule has 2 heterocycles. The van der Waals surface area contributed by atoms with Gasteiger partial charge in [0.15, 0.2) is 0 Å². The van der Waals surface area contributed by atoms with Crippen molar-refractivity contribution in [2.45, 2.75) is 13.5 Å². The molecule has 8 nitrogen and oxygen atoms in total. The molecule has 3 rings (SSSR count). The Labute approximate surface area is 131 Å². The minimum absolute atomic E-state index is 0.328. The average Bonchev–Trinajstić information content (AvgIpc) is 2.53. The Hall–Kier alpha value is -3.03. The summed E-state index contributed by atoms with van der Waals surface area (Å²) in [5.41, 5.74) is 6.01. The van der Waals surface area contributed by atoms with E-state index in [1.54, 1.807) is 11.9 Å². The molecule has 0 bridgehead atoms. The highest BCUT2D eigenvalue weighted by Gasteiger charge is 2.30. The Morgan fingerprint density at radius 3 is 2.48 bits per heavy atom. The first-order valence-electron chi connectivity index (χ1n) is 7.21. The summed E-state index contributed by atoms with van der Waals surface area (Å²) < 4.78 is 0.825. The maximum absolute atomic E-state index is 12.8. The van der Waals surface area contributed by atoms with E-state index < -0.39 is 23.7 Å². The molecule has 1 aromatic heterocycles. The molecule has 1 amide bonds. The zero-order valence-corrected chi connectivity index (χ0v) is 12.9. The fraction of sp³-hybridized carbons (Fsp3) is 0.267. The average molecular weight is 315 g/mol. The van der Waals surface area contributed by atoms with Gasteiger partial charge >= 0.3 is 5.69 Å². The molecule has 0 saturated heterocycles. The minimum Gasteiger partial charge on any atom is -0.368 e. The lowest BCUT2D eigenvalue weighted by Gasteiger charge is -2.36. The van der Waals surface area contributed by atoms with Gasteiger partial charge in [-0.1, -0.05) is 12.1 Å². The van der Waals surface area contributed by atoms with Crippen LogP contribution in [0.15, 0.2) is 33.9 Å². The van der Waals surface area contributed by atoms with Crippen molar-refractivity contribution in [1.29, 1.82) is 0 Å². The predicted molar refractivity (Wildman–Crippen MR) is 87.7 cm³/mol. The van der Waals surface area contributed by atoms with Crippen LogP contribution in [0.3, 0.4) is 0 Å². The van der Waals surface area contributed by atoms with Crippen LogP contribution >= 0.6 is 0 Å². The molecule has 1 aliphatic heterocycles. The van der Waals surface area contributed by atoms with Crippen molar-refractivity contribution in [2.24, 2.45) is 5.73 Å². The van der Waals surface area contributed by atoms with Crippen LogP contribution in [0.1, 0.15) is 6.92 Å². The van der Waals surface area contributed by atoms with Crippen LogP contribution in [-0.4, -0.2) is 29.1 Å². The number of H-pyrrole nitrogens is 1. The maximum Gasteiger partial charge on any atom is 0.330 e. The molecule has 2 aromatic rings. The Morgan fingerprint density at radius 2 is 1.87 bits per heavy atom.